The van der Waals surface area contributed by atoms with E-state index >= 15 is 0 Å². The van der Waals surface area contributed by atoms with E-state index in [2.05, 4.69) is 58.7 Å². The van der Waals surface area contributed by atoms with Gasteiger partial charge < -0.3 is 15.4 Å². The van der Waals surface area contributed by atoms with E-state index in [9.17, 15) is 0 Å². The van der Waals surface area contributed by atoms with Crippen LogP contribution in [0.25, 0.3) is 0 Å². The molecule has 1 heterocycles. The molecule has 2 N–H and O–H groups in total. The maximum absolute atomic E-state index is 5.73. The van der Waals surface area contributed by atoms with Gasteiger partial charge in [0.1, 0.15) is 5.75 Å². The first-order chi connectivity index (χ1) is 12.1. The monoisotopic (exact) mass is 468 g/mol. The second kappa shape index (κ2) is 11.7. The standard InChI is InChI=1S/C20H28N4O.HI/c1-5-25-19-12-15(2)6-7-18(19)14-24-20(21-4)23-11-9-17-8-10-22-13-16(17)3;/h6-8,10,12-13H,5,9,11,14H2,1-4H3,(H2,21,23,24);1H. The van der Waals surface area contributed by atoms with Gasteiger partial charge in [0.05, 0.1) is 6.61 Å². The van der Waals surface area contributed by atoms with Crippen LogP contribution < -0.4 is 15.4 Å². The molecule has 0 unspecified atom stereocenters. The van der Waals surface area contributed by atoms with Crippen molar-refractivity contribution in [2.24, 2.45) is 4.99 Å². The number of halogens is 1. The molecule has 0 bridgehead atoms. The summed E-state index contributed by atoms with van der Waals surface area (Å²) in [6, 6.07) is 8.33. The summed E-state index contributed by atoms with van der Waals surface area (Å²) in [7, 11) is 1.78. The molecule has 0 aliphatic carbocycles. The predicted molar refractivity (Wildman–Crippen MR) is 119 cm³/mol. The third-order valence-electron chi connectivity index (χ3n) is 4.02. The smallest absolute Gasteiger partial charge is 0.191 e. The molecule has 1 aromatic heterocycles. The molecule has 6 heteroatoms. The number of aryl methyl sites for hydroxylation is 2. The second-order valence-corrected chi connectivity index (χ2v) is 5.95. The summed E-state index contributed by atoms with van der Waals surface area (Å²) in [5.41, 5.74) is 4.84. The molecule has 2 rings (SSSR count). The second-order valence-electron chi connectivity index (χ2n) is 5.95. The number of nitrogens with one attached hydrogen (secondary N) is 2. The zero-order valence-electron chi connectivity index (χ0n) is 16.0. The quantitative estimate of drug-likeness (QED) is 0.370. The Balaban J connectivity index is 0.00000338. The van der Waals surface area contributed by atoms with E-state index in [1.165, 1.54) is 16.7 Å². The first kappa shape index (κ1) is 22.2. The van der Waals surface area contributed by atoms with Gasteiger partial charge in [-0.1, -0.05) is 12.1 Å². The van der Waals surface area contributed by atoms with Gasteiger partial charge in [-0.25, -0.2) is 0 Å². The Morgan fingerprint density at radius 2 is 1.96 bits per heavy atom. The van der Waals surface area contributed by atoms with Crippen molar-refractivity contribution in [3.63, 3.8) is 0 Å². The van der Waals surface area contributed by atoms with Gasteiger partial charge in [-0.3, -0.25) is 9.98 Å². The van der Waals surface area contributed by atoms with Crippen molar-refractivity contribution in [2.75, 3.05) is 20.2 Å². The van der Waals surface area contributed by atoms with E-state index < -0.39 is 0 Å². The summed E-state index contributed by atoms with van der Waals surface area (Å²) in [6.45, 7) is 8.31. The molecule has 0 aliphatic heterocycles. The number of aromatic nitrogens is 1. The van der Waals surface area contributed by atoms with Gasteiger partial charge in [0.25, 0.3) is 0 Å². The molecular formula is C20H29IN4O. The minimum Gasteiger partial charge on any atom is -0.494 e. The summed E-state index contributed by atoms with van der Waals surface area (Å²) in [5, 5.41) is 6.71. The van der Waals surface area contributed by atoms with Crippen molar-refractivity contribution in [2.45, 2.75) is 33.7 Å². The van der Waals surface area contributed by atoms with Crippen LogP contribution in [0.1, 0.15) is 29.2 Å². The van der Waals surface area contributed by atoms with E-state index in [4.69, 9.17) is 4.74 Å². The van der Waals surface area contributed by atoms with Crippen molar-refractivity contribution in [1.29, 1.82) is 0 Å². The van der Waals surface area contributed by atoms with E-state index in [0.717, 1.165) is 30.2 Å². The number of pyridine rings is 1. The zero-order valence-corrected chi connectivity index (χ0v) is 18.3. The maximum atomic E-state index is 5.73. The molecule has 0 amide bonds. The lowest BCUT2D eigenvalue weighted by Crippen LogP contribution is -2.38. The van der Waals surface area contributed by atoms with Gasteiger partial charge in [0.15, 0.2) is 5.96 Å². The summed E-state index contributed by atoms with van der Waals surface area (Å²) in [6.07, 6.45) is 4.67. The summed E-state index contributed by atoms with van der Waals surface area (Å²) >= 11 is 0. The fourth-order valence-corrected chi connectivity index (χ4v) is 2.60. The number of aliphatic imine (C=N–C) groups is 1. The fraction of sp³-hybridized carbons (Fsp3) is 0.400. The van der Waals surface area contributed by atoms with Crippen molar-refractivity contribution in [3.05, 3.63) is 58.9 Å². The molecular weight excluding hydrogens is 439 g/mol. The Hall–Kier alpha value is -1.83. The molecule has 0 saturated heterocycles. The molecule has 5 nitrogen and oxygen atoms in total. The molecule has 0 spiro atoms. The van der Waals surface area contributed by atoms with Gasteiger partial charge >= 0.3 is 0 Å². The van der Waals surface area contributed by atoms with Crippen LogP contribution in [0.15, 0.2) is 41.7 Å². The lowest BCUT2D eigenvalue weighted by atomic mass is 10.1. The number of ether oxygens (including phenoxy) is 1. The topological polar surface area (TPSA) is 58.5 Å². The number of hydrogen-bond donors (Lipinski definition) is 2. The lowest BCUT2D eigenvalue weighted by Gasteiger charge is -2.15. The normalized spacial score (nSPS) is 10.8. The van der Waals surface area contributed by atoms with Crippen molar-refractivity contribution in [1.82, 2.24) is 15.6 Å². The molecule has 2 aromatic rings. The molecule has 0 fully saturated rings. The molecule has 0 aliphatic rings. The highest BCUT2D eigenvalue weighted by molar-refractivity contribution is 14.0. The SMILES string of the molecule is CCOc1cc(C)ccc1CNC(=NC)NCCc1ccncc1C.I. The van der Waals surface area contributed by atoms with Crippen LogP contribution in [0.5, 0.6) is 5.75 Å². The van der Waals surface area contributed by atoms with Crippen molar-refractivity contribution < 1.29 is 4.74 Å². The van der Waals surface area contributed by atoms with Gasteiger partial charge in [0, 0.05) is 38.1 Å². The van der Waals surface area contributed by atoms with E-state index in [1.54, 1.807) is 7.05 Å². The van der Waals surface area contributed by atoms with Crippen molar-refractivity contribution >= 4 is 29.9 Å². The minimum absolute atomic E-state index is 0. The highest BCUT2D eigenvalue weighted by atomic mass is 127. The van der Waals surface area contributed by atoms with Gasteiger partial charge in [-0.05, 0) is 56.0 Å². The van der Waals surface area contributed by atoms with Gasteiger partial charge in [-0.15, -0.1) is 24.0 Å². The Morgan fingerprint density at radius 3 is 2.65 bits per heavy atom. The fourth-order valence-electron chi connectivity index (χ4n) is 2.60. The molecule has 26 heavy (non-hydrogen) atoms. The van der Waals surface area contributed by atoms with Crippen LogP contribution >= 0.6 is 24.0 Å². The third-order valence-corrected chi connectivity index (χ3v) is 4.02. The highest BCUT2D eigenvalue weighted by Crippen LogP contribution is 2.20. The Morgan fingerprint density at radius 1 is 1.15 bits per heavy atom. The van der Waals surface area contributed by atoms with Crippen LogP contribution in [0, 0.1) is 13.8 Å². The molecule has 0 saturated carbocycles. The van der Waals surface area contributed by atoms with Crippen LogP contribution in [-0.2, 0) is 13.0 Å². The highest BCUT2D eigenvalue weighted by Gasteiger charge is 2.05. The van der Waals surface area contributed by atoms with Crippen LogP contribution in [-0.4, -0.2) is 31.1 Å². The van der Waals surface area contributed by atoms with Crippen LogP contribution in [0.2, 0.25) is 0 Å². The number of rotatable bonds is 7. The Kier molecular flexibility index (Phi) is 10.0. The zero-order chi connectivity index (χ0) is 18.1. The average Bonchev–Trinajstić information content (AvgIpc) is 2.61. The molecule has 142 valence electrons. The van der Waals surface area contributed by atoms with Crippen molar-refractivity contribution in [3.8, 4) is 5.75 Å². The molecule has 1 aromatic carbocycles. The third kappa shape index (κ3) is 6.82. The summed E-state index contributed by atoms with van der Waals surface area (Å²) in [5.74, 6) is 1.72. The average molecular weight is 468 g/mol. The lowest BCUT2D eigenvalue weighted by molar-refractivity contribution is 0.336. The Bertz CT molecular complexity index is 719. The maximum Gasteiger partial charge on any atom is 0.191 e. The first-order valence-electron chi connectivity index (χ1n) is 8.70. The minimum atomic E-state index is 0. The summed E-state index contributed by atoms with van der Waals surface area (Å²) in [4.78, 5) is 8.42. The van der Waals surface area contributed by atoms with E-state index in [-0.39, 0.29) is 24.0 Å². The van der Waals surface area contributed by atoms with Crippen LogP contribution in [0.3, 0.4) is 0 Å². The molecule has 0 radical (unpaired) electrons. The molecule has 0 atom stereocenters. The first-order valence-corrected chi connectivity index (χ1v) is 8.70. The summed E-state index contributed by atoms with van der Waals surface area (Å²) < 4.78 is 5.73. The number of hydrogen-bond acceptors (Lipinski definition) is 3. The predicted octanol–water partition coefficient (Wildman–Crippen LogP) is 3.62. The van der Waals surface area contributed by atoms with E-state index in [0.29, 0.717) is 13.2 Å². The van der Waals surface area contributed by atoms with Gasteiger partial charge in [0.2, 0.25) is 0 Å². The Labute approximate surface area is 173 Å². The largest absolute Gasteiger partial charge is 0.494 e. The van der Waals surface area contributed by atoms with Gasteiger partial charge in [-0.2, -0.15) is 0 Å². The number of benzene rings is 1. The number of nitrogens with zero attached hydrogens (tertiary/aromatic N) is 2. The van der Waals surface area contributed by atoms with Crippen LogP contribution in [0.4, 0.5) is 0 Å². The number of guanidine groups is 1. The van der Waals surface area contributed by atoms with E-state index in [1.807, 2.05) is 19.3 Å².